The number of carbonyl (C=O) groups is 3. The second kappa shape index (κ2) is 4.94. The zero-order valence-corrected chi connectivity index (χ0v) is 9.87. The number of hydrogen-bond acceptors (Lipinski definition) is 5. The van der Waals surface area contributed by atoms with Crippen molar-refractivity contribution >= 4 is 17.7 Å². The minimum atomic E-state index is -0.619. The smallest absolute Gasteiger partial charge is 0.249 e. The van der Waals surface area contributed by atoms with Gasteiger partial charge in [0.05, 0.1) is 6.54 Å². The minimum absolute atomic E-state index is 0.0803. The van der Waals surface area contributed by atoms with Gasteiger partial charge in [0, 0.05) is 6.42 Å². The average Bonchev–Trinajstić information content (AvgIpc) is 2.83. The first-order valence-corrected chi connectivity index (χ1v) is 5.53. The van der Waals surface area contributed by atoms with Crippen LogP contribution in [0, 0.1) is 0 Å². The van der Waals surface area contributed by atoms with Crippen molar-refractivity contribution in [1.29, 1.82) is 0 Å². The van der Waals surface area contributed by atoms with Gasteiger partial charge in [-0.2, -0.15) is 5.10 Å². The first kappa shape index (κ1) is 12.2. The third kappa shape index (κ3) is 2.53. The number of nitrogens with one attached hydrogen (secondary N) is 1. The quantitative estimate of drug-likeness (QED) is 0.662. The summed E-state index contributed by atoms with van der Waals surface area (Å²) < 4.78 is 1.52. The molecule has 1 aromatic rings. The van der Waals surface area contributed by atoms with Crippen LogP contribution in [0.1, 0.15) is 13.3 Å². The van der Waals surface area contributed by atoms with Crippen molar-refractivity contribution in [3.8, 4) is 0 Å². The summed E-state index contributed by atoms with van der Waals surface area (Å²) in [4.78, 5) is 39.6. The Morgan fingerprint density at radius 3 is 3.00 bits per heavy atom. The first-order valence-electron chi connectivity index (χ1n) is 5.53. The van der Waals surface area contributed by atoms with Crippen LogP contribution in [-0.2, 0) is 20.9 Å². The highest BCUT2D eigenvalue weighted by molar-refractivity contribution is 6.04. The molecule has 96 valence electrons. The Bertz CT molecular complexity index is 470. The number of nitrogens with zero attached hydrogens (tertiary/aromatic N) is 4. The van der Waals surface area contributed by atoms with E-state index < -0.39 is 17.9 Å². The van der Waals surface area contributed by atoms with Crippen molar-refractivity contribution in [2.75, 3.05) is 6.54 Å². The van der Waals surface area contributed by atoms with Crippen molar-refractivity contribution in [1.82, 2.24) is 25.0 Å². The maximum absolute atomic E-state index is 11.9. The largest absolute Gasteiger partial charge is 0.322 e. The highest BCUT2D eigenvalue weighted by Gasteiger charge is 2.33. The van der Waals surface area contributed by atoms with Crippen LogP contribution in [0.2, 0.25) is 0 Å². The average molecular weight is 251 g/mol. The van der Waals surface area contributed by atoms with Gasteiger partial charge in [-0.25, -0.2) is 4.98 Å². The van der Waals surface area contributed by atoms with Crippen molar-refractivity contribution < 1.29 is 14.4 Å². The summed E-state index contributed by atoms with van der Waals surface area (Å²) in [5, 5.41) is 6.06. The highest BCUT2D eigenvalue weighted by Crippen LogP contribution is 2.07. The number of amides is 3. The number of hydrogen-bond donors (Lipinski definition) is 1. The number of rotatable bonds is 3. The van der Waals surface area contributed by atoms with Gasteiger partial charge in [0.25, 0.3) is 0 Å². The van der Waals surface area contributed by atoms with Crippen LogP contribution >= 0.6 is 0 Å². The molecule has 1 fully saturated rings. The lowest BCUT2D eigenvalue weighted by molar-refractivity contribution is -0.149. The number of piperazine rings is 1. The molecule has 0 radical (unpaired) electrons. The minimum Gasteiger partial charge on any atom is -0.322 e. The molecule has 0 saturated carbocycles. The zero-order chi connectivity index (χ0) is 13.1. The number of carbonyl (C=O) groups excluding carboxylic acids is 3. The normalized spacial score (nSPS) is 19.8. The molecule has 1 saturated heterocycles. The molecular weight excluding hydrogens is 238 g/mol. The van der Waals surface area contributed by atoms with Crippen molar-refractivity contribution in [3.63, 3.8) is 0 Å². The molecule has 1 aromatic heterocycles. The predicted octanol–water partition coefficient (Wildman–Crippen LogP) is -1.46. The molecule has 2 heterocycles. The molecule has 8 heteroatoms. The molecule has 18 heavy (non-hydrogen) atoms. The number of aryl methyl sites for hydroxylation is 1. The van der Waals surface area contributed by atoms with Crippen LogP contribution in [-0.4, -0.2) is 50.0 Å². The molecular formula is C10H13N5O3. The van der Waals surface area contributed by atoms with Gasteiger partial charge in [0.2, 0.25) is 17.7 Å². The third-order valence-corrected chi connectivity index (χ3v) is 2.77. The Morgan fingerprint density at radius 2 is 2.33 bits per heavy atom. The van der Waals surface area contributed by atoms with Crippen LogP contribution in [0.4, 0.5) is 0 Å². The van der Waals surface area contributed by atoms with Crippen LogP contribution in [0.15, 0.2) is 12.7 Å². The van der Waals surface area contributed by atoms with E-state index in [0.717, 1.165) is 0 Å². The van der Waals surface area contributed by atoms with Crippen LogP contribution in [0.25, 0.3) is 0 Å². The van der Waals surface area contributed by atoms with E-state index in [-0.39, 0.29) is 18.9 Å². The van der Waals surface area contributed by atoms with E-state index in [4.69, 9.17) is 0 Å². The SMILES string of the molecule is CC1C(=O)NC(=O)CN1C(=O)CCn1cncn1. The van der Waals surface area contributed by atoms with Gasteiger partial charge in [-0.15, -0.1) is 0 Å². The van der Waals surface area contributed by atoms with Gasteiger partial charge in [-0.05, 0) is 6.92 Å². The van der Waals surface area contributed by atoms with E-state index in [0.29, 0.717) is 6.54 Å². The van der Waals surface area contributed by atoms with E-state index in [9.17, 15) is 14.4 Å². The van der Waals surface area contributed by atoms with Gasteiger partial charge >= 0.3 is 0 Å². The van der Waals surface area contributed by atoms with Gasteiger partial charge in [-0.3, -0.25) is 24.4 Å². The molecule has 1 aliphatic rings. The molecule has 0 spiro atoms. The summed E-state index contributed by atoms with van der Waals surface area (Å²) in [5.74, 6) is -1.14. The summed E-state index contributed by atoms with van der Waals surface area (Å²) in [6.45, 7) is 1.89. The van der Waals surface area contributed by atoms with E-state index in [2.05, 4.69) is 15.4 Å². The van der Waals surface area contributed by atoms with E-state index in [1.807, 2.05) is 0 Å². The Morgan fingerprint density at radius 1 is 1.56 bits per heavy atom. The summed E-state index contributed by atoms with van der Waals surface area (Å²) in [5.41, 5.74) is 0. The molecule has 0 aromatic carbocycles. The third-order valence-electron chi connectivity index (χ3n) is 2.77. The summed E-state index contributed by atoms with van der Waals surface area (Å²) >= 11 is 0. The summed E-state index contributed by atoms with van der Waals surface area (Å²) in [6, 6.07) is -0.619. The van der Waals surface area contributed by atoms with Crippen LogP contribution in [0.3, 0.4) is 0 Å². The lowest BCUT2D eigenvalue weighted by Gasteiger charge is -2.31. The fourth-order valence-corrected chi connectivity index (χ4v) is 1.72. The zero-order valence-electron chi connectivity index (χ0n) is 9.87. The highest BCUT2D eigenvalue weighted by atomic mass is 16.2. The molecule has 1 N–H and O–H groups in total. The van der Waals surface area contributed by atoms with Gasteiger partial charge < -0.3 is 4.90 Å². The molecule has 0 aliphatic carbocycles. The Balaban J connectivity index is 1.95. The Labute approximate surface area is 103 Å². The summed E-state index contributed by atoms with van der Waals surface area (Å²) in [7, 11) is 0. The maximum Gasteiger partial charge on any atom is 0.249 e. The van der Waals surface area contributed by atoms with Crippen LogP contribution < -0.4 is 5.32 Å². The Hall–Kier alpha value is -2.25. The lowest BCUT2D eigenvalue weighted by Crippen LogP contribution is -2.58. The van der Waals surface area contributed by atoms with E-state index >= 15 is 0 Å². The first-order chi connectivity index (χ1) is 8.58. The topological polar surface area (TPSA) is 97.2 Å². The molecule has 3 amide bonds. The second-order valence-electron chi connectivity index (χ2n) is 4.02. The Kier molecular flexibility index (Phi) is 3.35. The summed E-state index contributed by atoms with van der Waals surface area (Å²) in [6.07, 6.45) is 3.06. The number of aromatic nitrogens is 3. The van der Waals surface area contributed by atoms with Crippen molar-refractivity contribution in [2.24, 2.45) is 0 Å². The van der Waals surface area contributed by atoms with Gasteiger partial charge in [0.15, 0.2) is 0 Å². The molecule has 2 rings (SSSR count). The standard InChI is InChI=1S/C10H13N5O3/c1-7-10(18)13-8(16)4-15(7)9(17)2-3-14-6-11-5-12-14/h5-7H,2-4H2,1H3,(H,13,16,18). The van der Waals surface area contributed by atoms with E-state index in [1.165, 1.54) is 22.2 Å². The monoisotopic (exact) mass is 251 g/mol. The van der Waals surface area contributed by atoms with Gasteiger partial charge in [0.1, 0.15) is 25.2 Å². The predicted molar refractivity (Wildman–Crippen MR) is 59.0 cm³/mol. The molecule has 1 aliphatic heterocycles. The van der Waals surface area contributed by atoms with Gasteiger partial charge in [-0.1, -0.05) is 0 Å². The van der Waals surface area contributed by atoms with E-state index in [1.54, 1.807) is 6.92 Å². The van der Waals surface area contributed by atoms with Crippen molar-refractivity contribution in [2.45, 2.75) is 25.9 Å². The second-order valence-corrected chi connectivity index (χ2v) is 4.02. The van der Waals surface area contributed by atoms with Crippen molar-refractivity contribution in [3.05, 3.63) is 12.7 Å². The fourth-order valence-electron chi connectivity index (χ4n) is 1.72. The maximum atomic E-state index is 11.9. The molecule has 0 bridgehead atoms. The lowest BCUT2D eigenvalue weighted by atomic mass is 10.2. The fraction of sp³-hybridized carbons (Fsp3) is 0.500. The molecule has 1 unspecified atom stereocenters. The molecule has 1 atom stereocenters. The number of imide groups is 1. The van der Waals surface area contributed by atoms with Crippen LogP contribution in [0.5, 0.6) is 0 Å². The molecule has 8 nitrogen and oxygen atoms in total.